The summed E-state index contributed by atoms with van der Waals surface area (Å²) in [5, 5.41) is 3.34. The highest BCUT2D eigenvalue weighted by molar-refractivity contribution is 5.94. The first-order valence-electron chi connectivity index (χ1n) is 6.34. The third-order valence-corrected chi connectivity index (χ3v) is 3.43. The van der Waals surface area contributed by atoms with E-state index in [-0.39, 0.29) is 5.91 Å². The molecule has 1 unspecified atom stereocenters. The second-order valence-corrected chi connectivity index (χ2v) is 4.44. The molecule has 1 heterocycles. The lowest BCUT2D eigenvalue weighted by Crippen LogP contribution is -2.31. The molecule has 0 saturated heterocycles. The first-order valence-corrected chi connectivity index (χ1v) is 6.34. The van der Waals surface area contributed by atoms with Crippen molar-refractivity contribution >= 4 is 11.6 Å². The van der Waals surface area contributed by atoms with Crippen molar-refractivity contribution in [3.63, 3.8) is 0 Å². The number of anilines is 1. The van der Waals surface area contributed by atoms with Crippen LogP contribution in [-0.4, -0.2) is 19.5 Å². The van der Waals surface area contributed by atoms with E-state index in [9.17, 15) is 4.79 Å². The summed E-state index contributed by atoms with van der Waals surface area (Å²) in [5.74, 6) is 0.217. The molecule has 0 fully saturated rings. The van der Waals surface area contributed by atoms with Gasteiger partial charge in [-0.25, -0.2) is 0 Å². The Morgan fingerprint density at radius 3 is 2.94 bits per heavy atom. The zero-order valence-electron chi connectivity index (χ0n) is 10.6. The molecule has 1 aliphatic rings. The van der Waals surface area contributed by atoms with E-state index >= 15 is 0 Å². The molecule has 0 bridgehead atoms. The van der Waals surface area contributed by atoms with Crippen LogP contribution < -0.4 is 10.2 Å². The van der Waals surface area contributed by atoms with E-state index in [4.69, 9.17) is 0 Å². The minimum absolute atomic E-state index is 0.217. The number of carbonyl (C=O) groups is 1. The predicted octanol–water partition coefficient (Wildman–Crippen LogP) is 2.48. The molecule has 0 saturated carbocycles. The van der Waals surface area contributed by atoms with Crippen LogP contribution in [0.1, 0.15) is 37.8 Å². The molecule has 2 rings (SSSR count). The number of hydrogen-bond donors (Lipinski definition) is 1. The molecule has 17 heavy (non-hydrogen) atoms. The second-order valence-electron chi connectivity index (χ2n) is 4.44. The number of nitrogens with one attached hydrogen (secondary N) is 1. The van der Waals surface area contributed by atoms with Gasteiger partial charge in [0.2, 0.25) is 5.91 Å². The van der Waals surface area contributed by atoms with Gasteiger partial charge in [-0.1, -0.05) is 25.1 Å². The molecule has 1 aromatic rings. The van der Waals surface area contributed by atoms with Gasteiger partial charge >= 0.3 is 0 Å². The van der Waals surface area contributed by atoms with Gasteiger partial charge in [0, 0.05) is 24.7 Å². The molecule has 0 aliphatic carbocycles. The lowest BCUT2D eigenvalue weighted by molar-refractivity contribution is -0.118. The smallest absolute Gasteiger partial charge is 0.226 e. The van der Waals surface area contributed by atoms with Crippen LogP contribution in [-0.2, 0) is 4.79 Å². The van der Waals surface area contributed by atoms with Crippen LogP contribution in [0.25, 0.3) is 0 Å². The van der Waals surface area contributed by atoms with Gasteiger partial charge < -0.3 is 10.2 Å². The van der Waals surface area contributed by atoms with Crippen LogP contribution in [0.2, 0.25) is 0 Å². The standard InChI is InChI=1S/C14H20N2O/c1-3-14(17)16-10-6-8-12(15-2)11-7-4-5-9-13(11)16/h4-5,7,9,12,15H,3,6,8,10H2,1-2H3. The monoisotopic (exact) mass is 232 g/mol. The highest BCUT2D eigenvalue weighted by Crippen LogP contribution is 2.32. The van der Waals surface area contributed by atoms with Crippen LogP contribution in [0.5, 0.6) is 0 Å². The molecule has 0 aromatic heterocycles. The molecular weight excluding hydrogens is 212 g/mol. The van der Waals surface area contributed by atoms with Crippen molar-refractivity contribution in [3.8, 4) is 0 Å². The summed E-state index contributed by atoms with van der Waals surface area (Å²) < 4.78 is 0. The molecule has 0 radical (unpaired) electrons. The van der Waals surface area contributed by atoms with Gasteiger partial charge in [-0.2, -0.15) is 0 Å². The zero-order chi connectivity index (χ0) is 12.3. The molecular formula is C14H20N2O. The maximum absolute atomic E-state index is 12.0. The number of para-hydroxylation sites is 1. The van der Waals surface area contributed by atoms with E-state index in [1.54, 1.807) is 0 Å². The van der Waals surface area contributed by atoms with E-state index in [1.165, 1.54) is 5.56 Å². The first kappa shape index (κ1) is 12.1. The molecule has 3 heteroatoms. The molecule has 1 N–H and O–H groups in total. The molecule has 1 aromatic carbocycles. The SMILES string of the molecule is CCC(=O)N1CCCC(NC)c2ccccc21. The van der Waals surface area contributed by atoms with Gasteiger partial charge in [-0.05, 0) is 31.5 Å². The summed E-state index contributed by atoms with van der Waals surface area (Å²) in [5.41, 5.74) is 2.32. The first-order chi connectivity index (χ1) is 8.27. The Morgan fingerprint density at radius 1 is 1.47 bits per heavy atom. The van der Waals surface area contributed by atoms with Gasteiger partial charge in [-0.3, -0.25) is 4.79 Å². The van der Waals surface area contributed by atoms with Gasteiger partial charge in [0.25, 0.3) is 0 Å². The lowest BCUT2D eigenvalue weighted by atomic mass is 10.0. The Labute approximate surface area is 103 Å². The summed E-state index contributed by atoms with van der Waals surface area (Å²) >= 11 is 0. The van der Waals surface area contributed by atoms with Gasteiger partial charge in [-0.15, -0.1) is 0 Å². The van der Waals surface area contributed by atoms with Crippen molar-refractivity contribution in [1.82, 2.24) is 5.32 Å². The number of amides is 1. The number of hydrogen-bond acceptors (Lipinski definition) is 2. The minimum atomic E-state index is 0.217. The predicted molar refractivity (Wildman–Crippen MR) is 70.1 cm³/mol. The summed E-state index contributed by atoms with van der Waals surface area (Å²) in [6, 6.07) is 8.59. The fourth-order valence-corrected chi connectivity index (χ4v) is 2.51. The lowest BCUT2D eigenvalue weighted by Gasteiger charge is -2.23. The van der Waals surface area contributed by atoms with E-state index in [2.05, 4.69) is 17.4 Å². The van der Waals surface area contributed by atoms with Crippen molar-refractivity contribution in [2.75, 3.05) is 18.5 Å². The number of benzene rings is 1. The largest absolute Gasteiger partial charge is 0.313 e. The van der Waals surface area contributed by atoms with Gasteiger partial charge in [0.15, 0.2) is 0 Å². The Hall–Kier alpha value is -1.35. The molecule has 1 amide bonds. The van der Waals surface area contributed by atoms with Gasteiger partial charge in [0.1, 0.15) is 0 Å². The fourth-order valence-electron chi connectivity index (χ4n) is 2.51. The summed E-state index contributed by atoms with van der Waals surface area (Å²) in [6.45, 7) is 2.76. The van der Waals surface area contributed by atoms with Crippen molar-refractivity contribution < 1.29 is 4.79 Å². The van der Waals surface area contributed by atoms with E-state index < -0.39 is 0 Å². The summed E-state index contributed by atoms with van der Waals surface area (Å²) in [7, 11) is 1.98. The van der Waals surface area contributed by atoms with Crippen molar-refractivity contribution in [1.29, 1.82) is 0 Å². The number of nitrogens with zero attached hydrogens (tertiary/aromatic N) is 1. The van der Waals surface area contributed by atoms with Crippen molar-refractivity contribution in [3.05, 3.63) is 29.8 Å². The quantitative estimate of drug-likeness (QED) is 0.849. The molecule has 1 aliphatic heterocycles. The zero-order valence-corrected chi connectivity index (χ0v) is 10.6. The fraction of sp³-hybridized carbons (Fsp3) is 0.500. The Balaban J connectivity index is 2.42. The number of carbonyl (C=O) groups excluding carboxylic acids is 1. The summed E-state index contributed by atoms with van der Waals surface area (Å²) in [4.78, 5) is 13.9. The third-order valence-electron chi connectivity index (χ3n) is 3.43. The second kappa shape index (κ2) is 5.32. The van der Waals surface area contributed by atoms with Crippen molar-refractivity contribution in [2.45, 2.75) is 32.2 Å². The Morgan fingerprint density at radius 2 is 2.24 bits per heavy atom. The van der Waals surface area contributed by atoms with Crippen LogP contribution in [0.3, 0.4) is 0 Å². The number of rotatable bonds is 2. The van der Waals surface area contributed by atoms with Crippen LogP contribution in [0.4, 0.5) is 5.69 Å². The van der Waals surface area contributed by atoms with Crippen LogP contribution in [0.15, 0.2) is 24.3 Å². The molecule has 3 nitrogen and oxygen atoms in total. The maximum Gasteiger partial charge on any atom is 0.226 e. The highest BCUT2D eigenvalue weighted by Gasteiger charge is 2.24. The topological polar surface area (TPSA) is 32.3 Å². The van der Waals surface area contributed by atoms with Crippen LogP contribution >= 0.6 is 0 Å². The normalized spacial score (nSPS) is 19.6. The minimum Gasteiger partial charge on any atom is -0.313 e. The highest BCUT2D eigenvalue weighted by atomic mass is 16.2. The molecule has 0 spiro atoms. The van der Waals surface area contributed by atoms with Crippen molar-refractivity contribution in [2.24, 2.45) is 0 Å². The number of fused-ring (bicyclic) bond motifs is 1. The average Bonchev–Trinajstić information content (AvgIpc) is 2.57. The third kappa shape index (κ3) is 2.34. The average molecular weight is 232 g/mol. The van der Waals surface area contributed by atoms with Gasteiger partial charge in [0.05, 0.1) is 0 Å². The maximum atomic E-state index is 12.0. The van der Waals surface area contributed by atoms with Crippen LogP contribution in [0, 0.1) is 0 Å². The molecule has 92 valence electrons. The van der Waals surface area contributed by atoms with E-state index in [1.807, 2.05) is 31.0 Å². The Kier molecular flexibility index (Phi) is 3.79. The van der Waals surface area contributed by atoms with E-state index in [0.29, 0.717) is 12.5 Å². The summed E-state index contributed by atoms with van der Waals surface area (Å²) in [6.07, 6.45) is 2.70. The Bertz CT molecular complexity index is 403. The van der Waals surface area contributed by atoms with E-state index in [0.717, 1.165) is 25.1 Å². The molecule has 1 atom stereocenters.